The zero-order valence-electron chi connectivity index (χ0n) is 19.0. The minimum Gasteiger partial charge on any atom is -0.346 e. The molecule has 0 aliphatic carbocycles. The van der Waals surface area contributed by atoms with Gasteiger partial charge in [0.1, 0.15) is 6.04 Å². The highest BCUT2D eigenvalue weighted by Crippen LogP contribution is 2.31. The van der Waals surface area contributed by atoms with E-state index in [4.69, 9.17) is 0 Å². The monoisotopic (exact) mass is 486 g/mol. The molecule has 0 aliphatic rings. The molecular formula is C26H25F3N2O2S. The van der Waals surface area contributed by atoms with Crippen molar-refractivity contribution in [2.24, 2.45) is 0 Å². The van der Waals surface area contributed by atoms with Gasteiger partial charge in [0, 0.05) is 23.6 Å². The summed E-state index contributed by atoms with van der Waals surface area (Å²) >= 11 is 0. The van der Waals surface area contributed by atoms with Gasteiger partial charge in [-0.15, -0.1) is 0 Å². The van der Waals surface area contributed by atoms with Crippen LogP contribution in [-0.4, -0.2) is 25.2 Å². The van der Waals surface area contributed by atoms with Crippen LogP contribution in [0.1, 0.15) is 16.7 Å². The number of hydrogen-bond donors (Lipinski definition) is 1. The molecular weight excluding hydrogens is 461 g/mol. The van der Waals surface area contributed by atoms with Crippen molar-refractivity contribution in [2.45, 2.75) is 44.4 Å². The summed E-state index contributed by atoms with van der Waals surface area (Å²) in [6, 6.07) is 17.7. The Balaban J connectivity index is 1.71. The van der Waals surface area contributed by atoms with Gasteiger partial charge in [-0.3, -0.25) is 0 Å². The van der Waals surface area contributed by atoms with Crippen LogP contribution in [0, 0.1) is 20.8 Å². The van der Waals surface area contributed by atoms with E-state index in [1.54, 1.807) is 50.4 Å². The Bertz CT molecular complexity index is 1420. The van der Waals surface area contributed by atoms with Gasteiger partial charge >= 0.3 is 6.18 Å². The van der Waals surface area contributed by atoms with Crippen molar-refractivity contribution in [3.8, 4) is 11.1 Å². The average Bonchev–Trinajstić information content (AvgIpc) is 3.15. The van der Waals surface area contributed by atoms with Crippen molar-refractivity contribution < 1.29 is 21.6 Å². The smallest absolute Gasteiger partial charge is 0.346 e. The molecule has 1 aromatic heterocycles. The van der Waals surface area contributed by atoms with Gasteiger partial charge < -0.3 is 4.57 Å². The summed E-state index contributed by atoms with van der Waals surface area (Å²) in [5, 5.41) is 0.794. The number of nitrogens with one attached hydrogen (secondary N) is 1. The van der Waals surface area contributed by atoms with Gasteiger partial charge in [-0.2, -0.15) is 17.9 Å². The quantitative estimate of drug-likeness (QED) is 0.356. The number of hydrogen-bond acceptors (Lipinski definition) is 2. The van der Waals surface area contributed by atoms with Crippen molar-refractivity contribution in [3.05, 3.63) is 89.6 Å². The molecule has 0 amide bonds. The summed E-state index contributed by atoms with van der Waals surface area (Å²) in [6.45, 7) is 4.39. The van der Waals surface area contributed by atoms with E-state index in [2.05, 4.69) is 0 Å². The summed E-state index contributed by atoms with van der Waals surface area (Å²) in [5.41, 5.74) is 4.10. The summed E-state index contributed by atoms with van der Waals surface area (Å²) in [4.78, 5) is -0.115. The minimum absolute atomic E-state index is 0.115. The van der Waals surface area contributed by atoms with Crippen molar-refractivity contribution in [3.63, 3.8) is 0 Å². The number of alkyl halides is 3. The third-order valence-corrected chi connectivity index (χ3v) is 7.62. The first-order valence-corrected chi connectivity index (χ1v) is 12.3. The van der Waals surface area contributed by atoms with Crippen LogP contribution < -0.4 is 4.72 Å². The maximum Gasteiger partial charge on any atom is 0.406 e. The number of halogens is 3. The Morgan fingerprint density at radius 1 is 0.912 bits per heavy atom. The molecule has 0 saturated carbocycles. The van der Waals surface area contributed by atoms with Gasteiger partial charge in [-0.1, -0.05) is 60.2 Å². The Kier molecular flexibility index (Phi) is 6.31. The van der Waals surface area contributed by atoms with E-state index < -0.39 is 28.8 Å². The molecule has 1 heterocycles. The lowest BCUT2D eigenvalue weighted by molar-refractivity contribution is -0.154. The third-order valence-electron chi connectivity index (χ3n) is 5.84. The number of aryl methyl sites for hydroxylation is 3. The second kappa shape index (κ2) is 8.92. The fourth-order valence-corrected chi connectivity index (χ4v) is 6.16. The van der Waals surface area contributed by atoms with Crippen LogP contribution in [0.4, 0.5) is 13.2 Å². The number of rotatable bonds is 6. The van der Waals surface area contributed by atoms with Crippen LogP contribution in [0.25, 0.3) is 22.0 Å². The van der Waals surface area contributed by atoms with Gasteiger partial charge in [0.25, 0.3) is 0 Å². The van der Waals surface area contributed by atoms with Crippen molar-refractivity contribution in [2.75, 3.05) is 0 Å². The Morgan fingerprint density at radius 2 is 1.56 bits per heavy atom. The Morgan fingerprint density at radius 3 is 2.18 bits per heavy atom. The highest BCUT2D eigenvalue weighted by atomic mass is 32.2. The normalized spacial score (nSPS) is 13.4. The molecule has 1 unspecified atom stereocenters. The molecule has 1 atom stereocenters. The van der Waals surface area contributed by atoms with Crippen LogP contribution >= 0.6 is 0 Å². The standard InChI is InChI=1S/C26H25F3N2O2S/c1-17-14-18(2)25(19(3)15-17)34(32,33)30-24(26(27,28)29)16-31-13-12-22-21(10-7-11-23(22)31)20-8-5-4-6-9-20/h4-15,24,30H,16H2,1-3H3. The van der Waals surface area contributed by atoms with Gasteiger partial charge in [-0.25, -0.2) is 8.42 Å². The van der Waals surface area contributed by atoms with E-state index in [1.807, 2.05) is 48.0 Å². The van der Waals surface area contributed by atoms with E-state index in [0.29, 0.717) is 16.6 Å². The fourth-order valence-electron chi connectivity index (χ4n) is 4.49. The van der Waals surface area contributed by atoms with Gasteiger partial charge in [0.2, 0.25) is 10.0 Å². The van der Waals surface area contributed by atoms with E-state index in [-0.39, 0.29) is 4.90 Å². The highest BCUT2D eigenvalue weighted by Gasteiger charge is 2.43. The second-order valence-electron chi connectivity index (χ2n) is 8.52. The SMILES string of the molecule is Cc1cc(C)c(S(=O)(=O)NC(Cn2ccc3c(-c4ccccc4)cccc32)C(F)(F)F)c(C)c1. The van der Waals surface area contributed by atoms with E-state index in [9.17, 15) is 21.6 Å². The molecule has 4 aromatic rings. The molecule has 0 saturated heterocycles. The molecule has 0 fully saturated rings. The van der Waals surface area contributed by atoms with Gasteiger partial charge in [0.15, 0.2) is 0 Å². The first-order chi connectivity index (χ1) is 16.0. The molecule has 34 heavy (non-hydrogen) atoms. The molecule has 0 aliphatic heterocycles. The van der Waals surface area contributed by atoms with E-state index >= 15 is 0 Å². The third kappa shape index (κ3) is 4.74. The topological polar surface area (TPSA) is 51.1 Å². The van der Waals surface area contributed by atoms with E-state index in [1.165, 1.54) is 4.57 Å². The number of fused-ring (bicyclic) bond motifs is 1. The lowest BCUT2D eigenvalue weighted by Gasteiger charge is -2.24. The summed E-state index contributed by atoms with van der Waals surface area (Å²) in [5.74, 6) is 0. The van der Waals surface area contributed by atoms with Crippen LogP contribution in [0.5, 0.6) is 0 Å². The van der Waals surface area contributed by atoms with Crippen molar-refractivity contribution in [1.29, 1.82) is 0 Å². The summed E-state index contributed by atoms with van der Waals surface area (Å²) in [7, 11) is -4.41. The number of sulfonamides is 1. The zero-order chi connectivity index (χ0) is 24.7. The largest absolute Gasteiger partial charge is 0.406 e. The maximum atomic E-state index is 14.0. The van der Waals surface area contributed by atoms with Crippen LogP contribution in [-0.2, 0) is 16.6 Å². The molecule has 0 radical (unpaired) electrons. The molecule has 0 spiro atoms. The Hall–Kier alpha value is -3.10. The van der Waals surface area contributed by atoms with Crippen LogP contribution in [0.15, 0.2) is 77.8 Å². The molecule has 3 aromatic carbocycles. The lowest BCUT2D eigenvalue weighted by Crippen LogP contribution is -2.48. The molecule has 178 valence electrons. The van der Waals surface area contributed by atoms with Gasteiger partial charge in [0.05, 0.1) is 4.90 Å². The van der Waals surface area contributed by atoms with E-state index in [0.717, 1.165) is 22.1 Å². The minimum atomic E-state index is -4.78. The first-order valence-electron chi connectivity index (χ1n) is 10.8. The highest BCUT2D eigenvalue weighted by molar-refractivity contribution is 7.89. The van der Waals surface area contributed by atoms with Gasteiger partial charge in [-0.05, 0) is 55.2 Å². The first kappa shape index (κ1) is 24.0. The molecule has 0 bridgehead atoms. The number of nitrogens with zero attached hydrogens (tertiary/aromatic N) is 1. The maximum absolute atomic E-state index is 14.0. The molecule has 4 rings (SSSR count). The lowest BCUT2D eigenvalue weighted by atomic mass is 10.0. The second-order valence-corrected chi connectivity index (χ2v) is 10.2. The van der Waals surface area contributed by atoms with Crippen molar-refractivity contribution >= 4 is 20.9 Å². The molecule has 4 nitrogen and oxygen atoms in total. The number of benzene rings is 3. The summed E-state index contributed by atoms with van der Waals surface area (Å²) < 4.78 is 71.6. The molecule has 1 N–H and O–H groups in total. The Labute approximate surface area is 197 Å². The zero-order valence-corrected chi connectivity index (χ0v) is 19.8. The van der Waals surface area contributed by atoms with Crippen LogP contribution in [0.3, 0.4) is 0 Å². The predicted molar refractivity (Wildman–Crippen MR) is 128 cm³/mol. The molecule has 8 heteroatoms. The average molecular weight is 487 g/mol. The van der Waals surface area contributed by atoms with Crippen LogP contribution in [0.2, 0.25) is 0 Å². The summed E-state index contributed by atoms with van der Waals surface area (Å²) in [6.07, 6.45) is -3.22. The number of aromatic nitrogens is 1. The predicted octanol–water partition coefficient (Wildman–Crippen LogP) is 6.14. The van der Waals surface area contributed by atoms with Crippen molar-refractivity contribution in [1.82, 2.24) is 9.29 Å². The fraction of sp³-hybridized carbons (Fsp3) is 0.231.